The summed E-state index contributed by atoms with van der Waals surface area (Å²) >= 11 is 0. The van der Waals surface area contributed by atoms with E-state index in [1.54, 1.807) is 6.92 Å². The molecule has 1 aromatic rings. The Morgan fingerprint density at radius 1 is 1.33 bits per heavy atom. The van der Waals surface area contributed by atoms with Gasteiger partial charge < -0.3 is 15.3 Å². The smallest absolute Gasteiger partial charge is 0.857 e. The topological polar surface area (TPSA) is 87.4 Å². The molecular formula is C12H19N2NaO3. The quantitative estimate of drug-likeness (QED) is 0.205. The number of para-hydroxylation sites is 1. The average molecular weight is 262 g/mol. The third kappa shape index (κ3) is 13.2. The number of carbonyl (C=O) groups is 1. The van der Waals surface area contributed by atoms with Crippen LogP contribution in [-0.4, -0.2) is 20.2 Å². The van der Waals surface area contributed by atoms with E-state index in [-0.39, 0.29) is 35.5 Å². The number of hydrogen-bond donors (Lipinski definition) is 2. The van der Waals surface area contributed by atoms with Gasteiger partial charge in [-0.25, -0.2) is 4.79 Å². The van der Waals surface area contributed by atoms with Crippen molar-refractivity contribution in [2.24, 2.45) is 5.84 Å². The molecule has 6 heteroatoms. The van der Waals surface area contributed by atoms with E-state index in [0.29, 0.717) is 5.57 Å². The molecule has 1 rings (SSSR count). The number of methoxy groups -OCH3 is 1. The predicted molar refractivity (Wildman–Crippen MR) is 67.0 cm³/mol. The van der Waals surface area contributed by atoms with Crippen molar-refractivity contribution in [2.45, 2.75) is 6.92 Å². The second-order valence-electron chi connectivity index (χ2n) is 2.78. The number of nitrogen functional groups attached to an aromatic ring is 1. The van der Waals surface area contributed by atoms with Crippen LogP contribution in [-0.2, 0) is 9.53 Å². The van der Waals surface area contributed by atoms with Gasteiger partial charge in [0, 0.05) is 11.3 Å². The Balaban J connectivity index is -0.000000211. The molecule has 0 aliphatic rings. The minimum absolute atomic E-state index is 0. The molecule has 0 atom stereocenters. The summed E-state index contributed by atoms with van der Waals surface area (Å²) in [7, 11) is 2.08. The van der Waals surface area contributed by atoms with Gasteiger partial charge >= 0.3 is 35.5 Å². The van der Waals surface area contributed by atoms with E-state index >= 15 is 0 Å². The molecule has 5 nitrogen and oxygen atoms in total. The fourth-order valence-corrected chi connectivity index (χ4v) is 0.709. The van der Waals surface area contributed by atoms with Crippen molar-refractivity contribution in [1.82, 2.24) is 0 Å². The third-order valence-electron chi connectivity index (χ3n) is 1.47. The van der Waals surface area contributed by atoms with Crippen LogP contribution in [0.3, 0.4) is 0 Å². The molecule has 1 aromatic carbocycles. The molecule has 0 spiro atoms. The Bertz CT molecular complexity index is 318. The maximum Gasteiger partial charge on any atom is 1.00 e. The monoisotopic (exact) mass is 262 g/mol. The van der Waals surface area contributed by atoms with E-state index in [4.69, 9.17) is 10.9 Å². The number of anilines is 1. The summed E-state index contributed by atoms with van der Waals surface area (Å²) < 4.78 is 4.27. The van der Waals surface area contributed by atoms with Crippen LogP contribution in [0.25, 0.3) is 0 Å². The molecule has 96 valence electrons. The largest absolute Gasteiger partial charge is 1.00 e. The number of hydrazine groups is 1. The molecular weight excluding hydrogens is 243 g/mol. The van der Waals surface area contributed by atoms with Crippen LogP contribution >= 0.6 is 0 Å². The van der Waals surface area contributed by atoms with Crippen LogP contribution in [0.4, 0.5) is 5.69 Å². The van der Waals surface area contributed by atoms with Gasteiger partial charge in [-0.3, -0.25) is 5.84 Å². The van der Waals surface area contributed by atoms with Crippen molar-refractivity contribution in [2.75, 3.05) is 19.6 Å². The van der Waals surface area contributed by atoms with Crippen molar-refractivity contribution in [1.29, 1.82) is 0 Å². The number of nitrogens with two attached hydrogens (primary N) is 1. The molecule has 0 aromatic heterocycles. The first-order valence-corrected chi connectivity index (χ1v) is 4.78. The number of esters is 1. The molecule has 0 aliphatic carbocycles. The van der Waals surface area contributed by atoms with Crippen LogP contribution in [0.2, 0.25) is 0 Å². The molecule has 0 aliphatic heterocycles. The normalized spacial score (nSPS) is 7.17. The second kappa shape index (κ2) is 16.1. The van der Waals surface area contributed by atoms with Crippen molar-refractivity contribution in [3.8, 4) is 0 Å². The van der Waals surface area contributed by atoms with E-state index in [1.165, 1.54) is 7.11 Å². The summed E-state index contributed by atoms with van der Waals surface area (Å²) in [6.45, 7) is 4.95. The maximum atomic E-state index is 10.2. The van der Waals surface area contributed by atoms with Gasteiger partial charge in [0.25, 0.3) is 0 Å². The second-order valence-corrected chi connectivity index (χ2v) is 2.78. The van der Waals surface area contributed by atoms with Gasteiger partial charge in [0.05, 0.1) is 7.11 Å². The fraction of sp³-hybridized carbons (Fsp3) is 0.250. The molecule has 0 saturated carbocycles. The van der Waals surface area contributed by atoms with Crippen molar-refractivity contribution in [3.63, 3.8) is 0 Å². The Kier molecular flexibility index (Phi) is 20.0. The van der Waals surface area contributed by atoms with E-state index in [2.05, 4.69) is 16.7 Å². The van der Waals surface area contributed by atoms with E-state index < -0.39 is 0 Å². The van der Waals surface area contributed by atoms with Gasteiger partial charge in [0.15, 0.2) is 0 Å². The molecule has 0 unspecified atom stereocenters. The summed E-state index contributed by atoms with van der Waals surface area (Å²) in [5, 5.41) is 8.25. The van der Waals surface area contributed by atoms with Crippen LogP contribution in [0, 0.1) is 0 Å². The van der Waals surface area contributed by atoms with Gasteiger partial charge in [0.2, 0.25) is 0 Å². The van der Waals surface area contributed by atoms with Crippen LogP contribution in [0.15, 0.2) is 42.5 Å². The average Bonchev–Trinajstić information content (AvgIpc) is 2.41. The molecule has 0 heterocycles. The molecule has 0 bridgehead atoms. The Morgan fingerprint density at radius 2 is 1.78 bits per heavy atom. The molecule has 0 saturated heterocycles. The minimum atomic E-state index is -0.347. The van der Waals surface area contributed by atoms with E-state index in [0.717, 1.165) is 12.8 Å². The van der Waals surface area contributed by atoms with Gasteiger partial charge in [-0.05, 0) is 19.1 Å². The zero-order valence-corrected chi connectivity index (χ0v) is 13.4. The molecule has 0 fully saturated rings. The number of nitrogens with one attached hydrogen (secondary N) is 1. The summed E-state index contributed by atoms with van der Waals surface area (Å²) in [6, 6.07) is 9.60. The van der Waals surface area contributed by atoms with Crippen LogP contribution < -0.4 is 45.9 Å². The number of benzene rings is 1. The predicted octanol–water partition coefficient (Wildman–Crippen LogP) is -2.31. The number of hydrogen-bond acceptors (Lipinski definition) is 5. The molecule has 0 amide bonds. The third-order valence-corrected chi connectivity index (χ3v) is 1.47. The number of ether oxygens (including phenoxy) is 1. The number of carbonyl (C=O) groups excluding carboxylic acids is 1. The fourth-order valence-electron chi connectivity index (χ4n) is 0.709. The van der Waals surface area contributed by atoms with Crippen molar-refractivity contribution < 1.29 is 44.2 Å². The first-order chi connectivity index (χ1) is 8.11. The van der Waals surface area contributed by atoms with Gasteiger partial charge in [0.1, 0.15) is 0 Å². The number of rotatable bonds is 2. The van der Waals surface area contributed by atoms with Crippen molar-refractivity contribution in [3.05, 3.63) is 42.5 Å². The van der Waals surface area contributed by atoms with Gasteiger partial charge in [-0.1, -0.05) is 24.8 Å². The summed E-state index contributed by atoms with van der Waals surface area (Å²) in [5.74, 6) is 4.75. The zero-order valence-electron chi connectivity index (χ0n) is 11.4. The molecule has 0 radical (unpaired) electrons. The SMILES string of the molecule is C=C(C)C(=O)OC.C[O-].NNc1ccccc1.[Na+]. The Hall–Kier alpha value is -0.850. The van der Waals surface area contributed by atoms with Crippen LogP contribution in [0.1, 0.15) is 6.92 Å². The first-order valence-electron chi connectivity index (χ1n) is 4.78. The molecule has 18 heavy (non-hydrogen) atoms. The molecule has 3 N–H and O–H groups in total. The van der Waals surface area contributed by atoms with E-state index in [9.17, 15) is 4.79 Å². The Morgan fingerprint density at radius 3 is 1.94 bits per heavy atom. The first kappa shape index (κ1) is 22.3. The van der Waals surface area contributed by atoms with Crippen LogP contribution in [0.5, 0.6) is 0 Å². The summed E-state index contributed by atoms with van der Waals surface area (Å²) in [6.07, 6.45) is 0. The Labute approximate surface area is 130 Å². The standard InChI is InChI=1S/C6H8N2.C5H8O2.CH3O.Na/c7-8-6-4-2-1-3-5-6;1-4(2)5(6)7-3;1-2;/h1-5,8H,7H2;1H2,2-3H3;1H3;/q;;-1;+1. The van der Waals surface area contributed by atoms with Crippen molar-refractivity contribution >= 4 is 11.7 Å². The van der Waals surface area contributed by atoms with E-state index in [1.807, 2.05) is 30.3 Å². The minimum Gasteiger partial charge on any atom is -0.857 e. The zero-order chi connectivity index (χ0) is 13.7. The summed E-state index contributed by atoms with van der Waals surface area (Å²) in [5.41, 5.74) is 3.90. The van der Waals surface area contributed by atoms with Gasteiger partial charge in [-0.15, -0.1) is 0 Å². The van der Waals surface area contributed by atoms with Gasteiger partial charge in [-0.2, -0.15) is 7.11 Å². The summed E-state index contributed by atoms with van der Waals surface area (Å²) in [4.78, 5) is 10.2. The maximum absolute atomic E-state index is 10.2.